The average Bonchev–Trinajstić information content (AvgIpc) is 2.55. The molecule has 1 aromatic rings. The summed E-state index contributed by atoms with van der Waals surface area (Å²) in [7, 11) is 0. The molecule has 2 rings (SSSR count). The molecular formula is C20H31N3O2. The molecule has 0 spiro atoms. The minimum Gasteiger partial charge on any atom is -0.353 e. The monoisotopic (exact) mass is 345 g/mol. The van der Waals surface area contributed by atoms with E-state index >= 15 is 0 Å². The van der Waals surface area contributed by atoms with E-state index in [1.54, 1.807) is 0 Å². The van der Waals surface area contributed by atoms with Crippen molar-refractivity contribution in [3.8, 4) is 0 Å². The molecule has 138 valence electrons. The zero-order valence-corrected chi connectivity index (χ0v) is 15.9. The van der Waals surface area contributed by atoms with E-state index in [1.807, 2.05) is 36.1 Å². The van der Waals surface area contributed by atoms with E-state index in [2.05, 4.69) is 31.4 Å². The van der Waals surface area contributed by atoms with Gasteiger partial charge >= 0.3 is 6.03 Å². The summed E-state index contributed by atoms with van der Waals surface area (Å²) in [6, 6.07) is 8.20. The number of piperidine rings is 1. The van der Waals surface area contributed by atoms with E-state index in [9.17, 15) is 9.59 Å². The van der Waals surface area contributed by atoms with E-state index in [1.165, 1.54) is 5.56 Å². The van der Waals surface area contributed by atoms with Gasteiger partial charge in [-0.1, -0.05) is 50.6 Å². The third kappa shape index (κ3) is 6.77. The number of hydrogen-bond donors (Lipinski definition) is 2. The predicted molar refractivity (Wildman–Crippen MR) is 100 cm³/mol. The lowest BCUT2D eigenvalue weighted by Crippen LogP contribution is -2.50. The summed E-state index contributed by atoms with van der Waals surface area (Å²) >= 11 is 0. The fourth-order valence-corrected chi connectivity index (χ4v) is 2.85. The molecule has 0 saturated carbocycles. The van der Waals surface area contributed by atoms with Gasteiger partial charge in [-0.3, -0.25) is 4.79 Å². The lowest BCUT2D eigenvalue weighted by Gasteiger charge is -2.33. The highest BCUT2D eigenvalue weighted by molar-refractivity contribution is 5.79. The summed E-state index contributed by atoms with van der Waals surface area (Å²) in [6.45, 7) is 10.4. The van der Waals surface area contributed by atoms with E-state index in [0.717, 1.165) is 18.4 Å². The number of nitrogens with one attached hydrogen (secondary N) is 2. The molecular weight excluding hydrogens is 314 g/mol. The number of likely N-dealkylation sites (tertiary alicyclic amines) is 1. The first-order valence-corrected chi connectivity index (χ1v) is 9.11. The van der Waals surface area contributed by atoms with E-state index in [-0.39, 0.29) is 23.4 Å². The summed E-state index contributed by atoms with van der Waals surface area (Å²) in [5.41, 5.74) is 2.31. The standard InChI is InChI=1S/C20H31N3O2/c1-15-5-7-16(8-6-15)13-18(24)22-17-9-11-23(12-10-17)19(25)21-14-20(2,3)4/h5-8,17H,9-14H2,1-4H3,(H,21,25)(H,22,24). The van der Waals surface area contributed by atoms with Crippen LogP contribution in [0.4, 0.5) is 4.79 Å². The summed E-state index contributed by atoms with van der Waals surface area (Å²) in [5.74, 6) is 0.0551. The molecule has 1 aromatic carbocycles. The van der Waals surface area contributed by atoms with Crippen LogP contribution in [0, 0.1) is 12.3 Å². The van der Waals surface area contributed by atoms with Gasteiger partial charge in [-0.05, 0) is 30.7 Å². The third-order valence-electron chi connectivity index (χ3n) is 4.40. The topological polar surface area (TPSA) is 61.4 Å². The van der Waals surface area contributed by atoms with Crippen LogP contribution >= 0.6 is 0 Å². The molecule has 0 aromatic heterocycles. The van der Waals surface area contributed by atoms with Crippen molar-refractivity contribution in [3.05, 3.63) is 35.4 Å². The van der Waals surface area contributed by atoms with Crippen molar-refractivity contribution in [2.45, 2.75) is 53.0 Å². The van der Waals surface area contributed by atoms with E-state index in [0.29, 0.717) is 26.1 Å². The highest BCUT2D eigenvalue weighted by Crippen LogP contribution is 2.13. The largest absolute Gasteiger partial charge is 0.353 e. The molecule has 1 aliphatic rings. The molecule has 2 N–H and O–H groups in total. The Balaban J connectivity index is 1.71. The Labute approximate surface area is 151 Å². The first-order chi connectivity index (χ1) is 11.7. The number of rotatable bonds is 4. The Hall–Kier alpha value is -2.04. The predicted octanol–water partition coefficient (Wildman–Crippen LogP) is 2.87. The van der Waals surface area contributed by atoms with Crippen LogP contribution < -0.4 is 10.6 Å². The first kappa shape index (κ1) is 19.3. The highest BCUT2D eigenvalue weighted by atomic mass is 16.2. The Bertz CT molecular complexity index is 582. The molecule has 0 unspecified atom stereocenters. The van der Waals surface area contributed by atoms with Crippen LogP contribution in [0.25, 0.3) is 0 Å². The molecule has 5 nitrogen and oxygen atoms in total. The summed E-state index contributed by atoms with van der Waals surface area (Å²) < 4.78 is 0. The molecule has 1 saturated heterocycles. The van der Waals surface area contributed by atoms with Crippen molar-refractivity contribution in [2.24, 2.45) is 5.41 Å². The zero-order chi connectivity index (χ0) is 18.4. The van der Waals surface area contributed by atoms with Crippen molar-refractivity contribution < 1.29 is 9.59 Å². The number of aryl methyl sites for hydroxylation is 1. The summed E-state index contributed by atoms with van der Waals surface area (Å²) in [4.78, 5) is 26.2. The molecule has 1 heterocycles. The smallest absolute Gasteiger partial charge is 0.317 e. The average molecular weight is 345 g/mol. The molecule has 0 atom stereocenters. The molecule has 5 heteroatoms. The van der Waals surface area contributed by atoms with Crippen molar-refractivity contribution in [1.82, 2.24) is 15.5 Å². The maximum atomic E-state index is 12.2. The molecule has 0 bridgehead atoms. The van der Waals surface area contributed by atoms with Crippen LogP contribution in [-0.2, 0) is 11.2 Å². The van der Waals surface area contributed by atoms with E-state index in [4.69, 9.17) is 0 Å². The quantitative estimate of drug-likeness (QED) is 0.881. The van der Waals surface area contributed by atoms with Gasteiger partial charge in [-0.2, -0.15) is 0 Å². The summed E-state index contributed by atoms with van der Waals surface area (Å²) in [6.07, 6.45) is 2.03. The molecule has 1 aliphatic heterocycles. The number of urea groups is 1. The van der Waals surface area contributed by atoms with Crippen LogP contribution in [0.15, 0.2) is 24.3 Å². The van der Waals surface area contributed by atoms with Crippen molar-refractivity contribution >= 4 is 11.9 Å². The second-order valence-corrected chi connectivity index (χ2v) is 8.21. The fraction of sp³-hybridized carbons (Fsp3) is 0.600. The Morgan fingerprint density at radius 2 is 1.72 bits per heavy atom. The van der Waals surface area contributed by atoms with Gasteiger partial charge in [-0.25, -0.2) is 4.79 Å². The second kappa shape index (κ2) is 8.37. The van der Waals surface area contributed by atoms with Gasteiger partial charge in [0.15, 0.2) is 0 Å². The van der Waals surface area contributed by atoms with Crippen LogP contribution in [0.3, 0.4) is 0 Å². The lowest BCUT2D eigenvalue weighted by atomic mass is 9.97. The lowest BCUT2D eigenvalue weighted by molar-refractivity contribution is -0.121. The maximum absolute atomic E-state index is 12.2. The van der Waals surface area contributed by atoms with Crippen LogP contribution in [0.5, 0.6) is 0 Å². The Morgan fingerprint density at radius 3 is 2.28 bits per heavy atom. The number of nitrogens with zero attached hydrogens (tertiary/aromatic N) is 1. The number of carbonyl (C=O) groups is 2. The van der Waals surface area contributed by atoms with Gasteiger partial charge in [0.05, 0.1) is 6.42 Å². The van der Waals surface area contributed by atoms with Crippen molar-refractivity contribution in [1.29, 1.82) is 0 Å². The van der Waals surface area contributed by atoms with Gasteiger partial charge in [0.1, 0.15) is 0 Å². The molecule has 0 aliphatic carbocycles. The van der Waals surface area contributed by atoms with Crippen molar-refractivity contribution in [3.63, 3.8) is 0 Å². The molecule has 0 radical (unpaired) electrons. The van der Waals surface area contributed by atoms with Gasteiger partial charge in [0, 0.05) is 25.7 Å². The normalized spacial score (nSPS) is 15.8. The minimum absolute atomic E-state index is 0.000595. The summed E-state index contributed by atoms with van der Waals surface area (Å²) in [5, 5.41) is 6.09. The van der Waals surface area contributed by atoms with Gasteiger partial charge in [0.25, 0.3) is 0 Å². The van der Waals surface area contributed by atoms with Gasteiger partial charge < -0.3 is 15.5 Å². The fourth-order valence-electron chi connectivity index (χ4n) is 2.85. The SMILES string of the molecule is Cc1ccc(CC(=O)NC2CCN(C(=O)NCC(C)(C)C)CC2)cc1. The van der Waals surface area contributed by atoms with Crippen molar-refractivity contribution in [2.75, 3.05) is 19.6 Å². The van der Waals surface area contributed by atoms with Gasteiger partial charge in [-0.15, -0.1) is 0 Å². The molecule has 1 fully saturated rings. The van der Waals surface area contributed by atoms with E-state index < -0.39 is 0 Å². The Morgan fingerprint density at radius 1 is 1.12 bits per heavy atom. The number of benzene rings is 1. The third-order valence-corrected chi connectivity index (χ3v) is 4.40. The number of carbonyl (C=O) groups excluding carboxylic acids is 2. The van der Waals surface area contributed by atoms with Crippen LogP contribution in [0.2, 0.25) is 0 Å². The zero-order valence-electron chi connectivity index (χ0n) is 15.9. The van der Waals surface area contributed by atoms with Gasteiger partial charge in [0.2, 0.25) is 5.91 Å². The number of hydrogen-bond acceptors (Lipinski definition) is 2. The van der Waals surface area contributed by atoms with Crippen LogP contribution in [-0.4, -0.2) is 42.5 Å². The molecule has 3 amide bonds. The first-order valence-electron chi connectivity index (χ1n) is 9.11. The second-order valence-electron chi connectivity index (χ2n) is 8.21. The Kier molecular flexibility index (Phi) is 6.45. The highest BCUT2D eigenvalue weighted by Gasteiger charge is 2.24. The molecule has 25 heavy (non-hydrogen) atoms. The number of amides is 3. The minimum atomic E-state index is -0.000595. The maximum Gasteiger partial charge on any atom is 0.317 e. The van der Waals surface area contributed by atoms with Crippen LogP contribution in [0.1, 0.15) is 44.7 Å².